The number of methoxy groups -OCH3 is 2. The third-order valence-electron chi connectivity index (χ3n) is 8.96. The first-order valence-corrected chi connectivity index (χ1v) is 16.8. The zero-order valence-electron chi connectivity index (χ0n) is 29.4. The Morgan fingerprint density at radius 1 is 0.481 bits per heavy atom. The Kier molecular flexibility index (Phi) is 12.6. The van der Waals surface area contributed by atoms with E-state index in [0.29, 0.717) is 34.1 Å². The van der Waals surface area contributed by atoms with Gasteiger partial charge in [-0.2, -0.15) is 0 Å². The van der Waals surface area contributed by atoms with E-state index >= 15 is 0 Å². The van der Waals surface area contributed by atoms with Crippen molar-refractivity contribution in [3.63, 3.8) is 0 Å². The van der Waals surface area contributed by atoms with Gasteiger partial charge in [0.1, 0.15) is 36.1 Å². The molecule has 0 radical (unpaired) electrons. The van der Waals surface area contributed by atoms with Crippen LogP contribution in [-0.4, -0.2) is 83.0 Å². The highest BCUT2D eigenvalue weighted by atomic mass is 16.5. The van der Waals surface area contributed by atoms with E-state index in [9.17, 15) is 39.0 Å². The number of amides is 2. The molecule has 0 atom stereocenters. The van der Waals surface area contributed by atoms with Crippen LogP contribution in [0.3, 0.4) is 0 Å². The van der Waals surface area contributed by atoms with E-state index in [1.54, 1.807) is 72.8 Å². The maximum atomic E-state index is 14.1. The van der Waals surface area contributed by atoms with E-state index < -0.39 is 72.5 Å². The number of carbonyl (C=O) groups excluding carboxylic acids is 4. The molecule has 4 aromatic rings. The van der Waals surface area contributed by atoms with Crippen molar-refractivity contribution in [2.45, 2.75) is 13.1 Å². The summed E-state index contributed by atoms with van der Waals surface area (Å²) < 4.78 is 21.1. The van der Waals surface area contributed by atoms with Gasteiger partial charge in [0, 0.05) is 13.1 Å². The number of carbonyl (C=O) groups is 6. The second kappa shape index (κ2) is 17.7. The molecule has 2 amide bonds. The summed E-state index contributed by atoms with van der Waals surface area (Å²) in [7, 11) is 2.22. The van der Waals surface area contributed by atoms with Crippen LogP contribution < -0.4 is 9.47 Å². The molecule has 1 aliphatic rings. The predicted molar refractivity (Wildman–Crippen MR) is 190 cm³/mol. The summed E-state index contributed by atoms with van der Waals surface area (Å²) in [5.74, 6) is -11.7. The van der Waals surface area contributed by atoms with Crippen molar-refractivity contribution in [3.05, 3.63) is 120 Å². The van der Waals surface area contributed by atoms with Crippen molar-refractivity contribution in [1.82, 2.24) is 9.80 Å². The van der Waals surface area contributed by atoms with Crippen LogP contribution in [-0.2, 0) is 51.3 Å². The van der Waals surface area contributed by atoms with E-state index in [1.165, 1.54) is 0 Å². The molecule has 0 saturated heterocycles. The van der Waals surface area contributed by atoms with E-state index in [4.69, 9.17) is 18.9 Å². The van der Waals surface area contributed by atoms with Gasteiger partial charge in [-0.05, 0) is 59.7 Å². The van der Waals surface area contributed by atoms with Crippen molar-refractivity contribution in [2.75, 3.05) is 27.3 Å². The Bertz CT molecular complexity index is 1800. The number of rotatable bonds is 16. The Morgan fingerprint density at radius 2 is 0.796 bits per heavy atom. The highest BCUT2D eigenvalue weighted by Crippen LogP contribution is 2.49. The fourth-order valence-electron chi connectivity index (χ4n) is 6.28. The average Bonchev–Trinajstić information content (AvgIpc) is 3.15. The van der Waals surface area contributed by atoms with Gasteiger partial charge in [-0.1, -0.05) is 60.7 Å². The van der Waals surface area contributed by atoms with E-state index in [-0.39, 0.29) is 13.1 Å². The number of benzene rings is 4. The number of aliphatic carboxylic acids is 2. The van der Waals surface area contributed by atoms with Crippen LogP contribution in [0.2, 0.25) is 0 Å². The maximum Gasteiger partial charge on any atom is 0.325 e. The summed E-state index contributed by atoms with van der Waals surface area (Å²) in [6.45, 7) is -1.68. The molecule has 0 spiro atoms. The fraction of sp³-hybridized carbons (Fsp3) is 0.250. The Balaban J connectivity index is 1.37. The lowest BCUT2D eigenvalue weighted by Gasteiger charge is -2.48. The Hall–Kier alpha value is -6.70. The van der Waals surface area contributed by atoms with Gasteiger partial charge in [-0.25, -0.2) is 0 Å². The number of hydrogen-bond donors (Lipinski definition) is 2. The molecule has 0 aromatic heterocycles. The van der Waals surface area contributed by atoms with Crippen LogP contribution in [0.5, 0.6) is 23.0 Å². The topological polar surface area (TPSA) is 186 Å². The van der Waals surface area contributed by atoms with Crippen molar-refractivity contribution >= 4 is 35.7 Å². The minimum absolute atomic E-state index is 0.216. The lowest BCUT2D eigenvalue weighted by atomic mass is 9.55. The molecule has 0 bridgehead atoms. The molecular formula is C40H38N2O12. The molecule has 280 valence electrons. The standard InChI is InChI=1S/C40H38N2O12/c1-51-31(43)23-41(21-25-13-17-29(18-14-25)53-27-9-5-3-6-10-27)37(45)33-35(39(47)48)34(36(33)40(49)50)38(46)42(24-32(44)52-2)22-26-15-19-30(20-16-26)54-28-11-7-4-8-12-28/h3-20,33-36H,21-24H2,1-2H3,(H,47,48)(H,49,50)/t33-,34-,35-,36-. The molecule has 1 aliphatic carbocycles. The normalized spacial score (nSPS) is 17.2. The number of nitrogens with zero attached hydrogens (tertiary/aromatic N) is 2. The maximum absolute atomic E-state index is 14.1. The molecule has 0 aliphatic heterocycles. The smallest absolute Gasteiger partial charge is 0.325 e. The highest BCUT2D eigenvalue weighted by Gasteiger charge is 2.65. The Labute approximate surface area is 310 Å². The summed E-state index contributed by atoms with van der Waals surface area (Å²) in [4.78, 5) is 80.5. The second-order valence-electron chi connectivity index (χ2n) is 12.4. The number of hydrogen-bond acceptors (Lipinski definition) is 10. The largest absolute Gasteiger partial charge is 0.481 e. The van der Waals surface area contributed by atoms with Crippen LogP contribution in [0.15, 0.2) is 109 Å². The first kappa shape index (κ1) is 38.5. The van der Waals surface area contributed by atoms with Gasteiger partial charge in [0.25, 0.3) is 0 Å². The summed E-state index contributed by atoms with van der Waals surface area (Å²) in [6.07, 6.45) is 0. The Morgan fingerprint density at radius 3 is 1.09 bits per heavy atom. The molecular weight excluding hydrogens is 700 g/mol. The minimum atomic E-state index is -1.80. The van der Waals surface area contributed by atoms with Gasteiger partial charge in [0.2, 0.25) is 11.8 Å². The lowest BCUT2D eigenvalue weighted by molar-refractivity contribution is -0.188. The zero-order valence-corrected chi connectivity index (χ0v) is 29.4. The van der Waals surface area contributed by atoms with Gasteiger partial charge in [-0.15, -0.1) is 0 Å². The van der Waals surface area contributed by atoms with Crippen molar-refractivity contribution in [2.24, 2.45) is 23.7 Å². The molecule has 2 N–H and O–H groups in total. The monoisotopic (exact) mass is 738 g/mol. The molecule has 1 fully saturated rings. The zero-order chi connectivity index (χ0) is 38.8. The van der Waals surface area contributed by atoms with Crippen LogP contribution >= 0.6 is 0 Å². The molecule has 0 unspecified atom stereocenters. The number of ether oxygens (including phenoxy) is 4. The lowest BCUT2D eigenvalue weighted by Crippen LogP contribution is -2.64. The van der Waals surface area contributed by atoms with E-state index in [2.05, 4.69) is 0 Å². The number of carboxylic acid groups (broad SMARTS) is 2. The van der Waals surface area contributed by atoms with Crippen LogP contribution in [0.1, 0.15) is 11.1 Å². The molecule has 14 heteroatoms. The summed E-state index contributed by atoms with van der Waals surface area (Å²) in [6, 6.07) is 31.1. The van der Waals surface area contributed by atoms with Gasteiger partial charge < -0.3 is 39.0 Å². The first-order chi connectivity index (χ1) is 26.0. The second-order valence-corrected chi connectivity index (χ2v) is 12.4. The quantitative estimate of drug-likeness (QED) is 0.152. The summed E-state index contributed by atoms with van der Waals surface area (Å²) in [5.41, 5.74) is 1.03. The summed E-state index contributed by atoms with van der Waals surface area (Å²) >= 11 is 0. The molecule has 0 heterocycles. The van der Waals surface area contributed by atoms with E-state index in [0.717, 1.165) is 24.0 Å². The first-order valence-electron chi connectivity index (χ1n) is 16.8. The van der Waals surface area contributed by atoms with Crippen molar-refractivity contribution in [3.8, 4) is 23.0 Å². The molecule has 1 saturated carbocycles. The molecule has 14 nitrogen and oxygen atoms in total. The molecule has 4 aromatic carbocycles. The number of para-hydroxylation sites is 2. The third kappa shape index (κ3) is 9.39. The van der Waals surface area contributed by atoms with Crippen molar-refractivity contribution in [1.29, 1.82) is 0 Å². The van der Waals surface area contributed by atoms with Crippen LogP contribution in [0, 0.1) is 23.7 Å². The predicted octanol–water partition coefficient (Wildman–Crippen LogP) is 4.62. The number of carboxylic acids is 2. The molecule has 5 rings (SSSR count). The highest BCUT2D eigenvalue weighted by molar-refractivity contribution is 6.00. The van der Waals surface area contributed by atoms with Gasteiger partial charge in [0.15, 0.2) is 0 Å². The average molecular weight is 739 g/mol. The third-order valence-corrected chi connectivity index (χ3v) is 8.96. The van der Waals surface area contributed by atoms with Crippen LogP contribution in [0.4, 0.5) is 0 Å². The van der Waals surface area contributed by atoms with Gasteiger partial charge in [-0.3, -0.25) is 28.8 Å². The summed E-state index contributed by atoms with van der Waals surface area (Å²) in [5, 5.41) is 20.7. The SMILES string of the molecule is COC(=O)CN(Cc1ccc(Oc2ccccc2)cc1)C(=O)[C@H]1[C@H](C(=O)O)[C@H](C(=O)N(CC(=O)OC)Cc2ccc(Oc3ccccc3)cc2)[C@H]1C(=O)O. The van der Waals surface area contributed by atoms with Gasteiger partial charge >= 0.3 is 23.9 Å². The molecule has 54 heavy (non-hydrogen) atoms. The minimum Gasteiger partial charge on any atom is -0.481 e. The van der Waals surface area contributed by atoms with Crippen LogP contribution in [0.25, 0.3) is 0 Å². The fourth-order valence-corrected chi connectivity index (χ4v) is 6.28. The van der Waals surface area contributed by atoms with Gasteiger partial charge in [0.05, 0.1) is 37.9 Å². The number of esters is 2. The van der Waals surface area contributed by atoms with Crippen molar-refractivity contribution < 1.29 is 57.9 Å². The van der Waals surface area contributed by atoms with E-state index in [1.807, 2.05) is 36.4 Å².